The van der Waals surface area contributed by atoms with Gasteiger partial charge in [0.25, 0.3) is 5.91 Å². The minimum Gasteiger partial charge on any atom is -0.267 e. The summed E-state index contributed by atoms with van der Waals surface area (Å²) < 4.78 is 1.15. The third-order valence-electron chi connectivity index (χ3n) is 1.98. The predicted octanol–water partition coefficient (Wildman–Crippen LogP) is 1.93. The van der Waals surface area contributed by atoms with Gasteiger partial charge in [-0.05, 0) is 24.6 Å². The van der Waals surface area contributed by atoms with Gasteiger partial charge in [0, 0.05) is 0 Å². The van der Waals surface area contributed by atoms with Gasteiger partial charge in [-0.2, -0.15) is 9.78 Å². The van der Waals surface area contributed by atoms with Gasteiger partial charge >= 0.3 is 0 Å². The molecule has 0 spiro atoms. The molecule has 76 valence electrons. The first-order chi connectivity index (χ1) is 7.18. The van der Waals surface area contributed by atoms with Crippen LogP contribution in [0.15, 0.2) is 30.9 Å². The van der Waals surface area contributed by atoms with E-state index < -0.39 is 0 Å². The molecule has 0 aliphatic heterocycles. The van der Waals surface area contributed by atoms with Crippen LogP contribution in [0.1, 0.15) is 15.9 Å². The second-order valence-corrected chi connectivity index (χ2v) is 3.54. The topological polar surface area (TPSA) is 47.8 Å². The Hall–Kier alpha value is -1.68. The minimum absolute atomic E-state index is 0.280. The lowest BCUT2D eigenvalue weighted by Gasteiger charge is -2.03. The van der Waals surface area contributed by atoms with Gasteiger partial charge in [0.1, 0.15) is 12.7 Å². The van der Waals surface area contributed by atoms with Crippen molar-refractivity contribution in [1.29, 1.82) is 0 Å². The maximum Gasteiger partial charge on any atom is 0.281 e. The summed E-state index contributed by atoms with van der Waals surface area (Å²) in [6.07, 6.45) is 2.65. The van der Waals surface area contributed by atoms with Crippen molar-refractivity contribution in [2.45, 2.75) is 6.92 Å². The van der Waals surface area contributed by atoms with Crippen LogP contribution in [0.4, 0.5) is 0 Å². The van der Waals surface area contributed by atoms with E-state index in [4.69, 9.17) is 11.6 Å². The third-order valence-corrected chi connectivity index (χ3v) is 2.29. The van der Waals surface area contributed by atoms with Crippen LogP contribution in [0.3, 0.4) is 0 Å². The molecule has 0 saturated heterocycles. The molecule has 0 N–H and O–H groups in total. The fourth-order valence-corrected chi connectivity index (χ4v) is 1.55. The first-order valence-corrected chi connectivity index (χ1v) is 4.72. The van der Waals surface area contributed by atoms with Crippen molar-refractivity contribution in [3.8, 4) is 0 Å². The van der Waals surface area contributed by atoms with E-state index in [0.717, 1.165) is 10.2 Å². The first kappa shape index (κ1) is 9.86. The summed E-state index contributed by atoms with van der Waals surface area (Å²) in [4.78, 5) is 15.5. The molecule has 0 fully saturated rings. The van der Waals surface area contributed by atoms with Crippen LogP contribution in [0.2, 0.25) is 5.02 Å². The van der Waals surface area contributed by atoms with Gasteiger partial charge in [-0.1, -0.05) is 17.7 Å². The summed E-state index contributed by atoms with van der Waals surface area (Å²) >= 11 is 5.96. The number of hydrogen-bond acceptors (Lipinski definition) is 3. The fraction of sp³-hybridized carbons (Fsp3) is 0.100. The van der Waals surface area contributed by atoms with Crippen molar-refractivity contribution < 1.29 is 4.79 Å². The molecule has 4 nitrogen and oxygen atoms in total. The molecule has 5 heteroatoms. The summed E-state index contributed by atoms with van der Waals surface area (Å²) in [5.41, 5.74) is 1.43. The Labute approximate surface area is 91.5 Å². The highest BCUT2D eigenvalue weighted by molar-refractivity contribution is 6.33. The maximum absolute atomic E-state index is 11.8. The van der Waals surface area contributed by atoms with Crippen LogP contribution in [0.25, 0.3) is 0 Å². The van der Waals surface area contributed by atoms with Gasteiger partial charge in [0.2, 0.25) is 0 Å². The van der Waals surface area contributed by atoms with Crippen LogP contribution in [0.5, 0.6) is 0 Å². The van der Waals surface area contributed by atoms with Crippen molar-refractivity contribution in [1.82, 2.24) is 14.8 Å². The number of benzene rings is 1. The monoisotopic (exact) mass is 221 g/mol. The molecule has 0 aliphatic carbocycles. The Morgan fingerprint density at radius 1 is 1.47 bits per heavy atom. The molecule has 15 heavy (non-hydrogen) atoms. The molecule has 0 aliphatic rings. The van der Waals surface area contributed by atoms with Gasteiger partial charge in [0.05, 0.1) is 10.6 Å². The zero-order chi connectivity index (χ0) is 10.8. The molecule has 2 aromatic rings. The van der Waals surface area contributed by atoms with E-state index in [9.17, 15) is 4.79 Å². The van der Waals surface area contributed by atoms with Crippen molar-refractivity contribution >= 4 is 17.5 Å². The van der Waals surface area contributed by atoms with Gasteiger partial charge in [-0.15, -0.1) is 0 Å². The molecule has 1 heterocycles. The standard InChI is InChI=1S/C10H8ClN3O/c1-7-2-3-8(9(11)4-7)10(15)14-6-12-5-13-14/h2-6H,1H3. The van der Waals surface area contributed by atoms with E-state index >= 15 is 0 Å². The van der Waals surface area contributed by atoms with Crippen molar-refractivity contribution in [2.24, 2.45) is 0 Å². The Morgan fingerprint density at radius 2 is 2.27 bits per heavy atom. The quantitative estimate of drug-likeness (QED) is 0.739. The fourth-order valence-electron chi connectivity index (χ4n) is 1.23. The van der Waals surface area contributed by atoms with Gasteiger partial charge in [0.15, 0.2) is 0 Å². The number of halogens is 1. The molecule has 0 saturated carbocycles. The van der Waals surface area contributed by atoms with E-state index in [1.807, 2.05) is 13.0 Å². The lowest BCUT2D eigenvalue weighted by Crippen LogP contribution is -2.12. The third kappa shape index (κ3) is 1.89. The molecule has 1 aromatic carbocycles. The van der Waals surface area contributed by atoms with Gasteiger partial charge in [-0.3, -0.25) is 4.79 Å². The van der Waals surface area contributed by atoms with Crippen LogP contribution >= 0.6 is 11.6 Å². The second-order valence-electron chi connectivity index (χ2n) is 3.13. The molecule has 0 amide bonds. The van der Waals surface area contributed by atoms with Crippen LogP contribution in [0, 0.1) is 6.92 Å². The number of nitrogens with zero attached hydrogens (tertiary/aromatic N) is 3. The molecular formula is C10H8ClN3O. The van der Waals surface area contributed by atoms with Crippen molar-refractivity contribution in [2.75, 3.05) is 0 Å². The molecule has 0 atom stereocenters. The largest absolute Gasteiger partial charge is 0.281 e. The Kier molecular flexibility index (Phi) is 2.51. The summed E-state index contributed by atoms with van der Waals surface area (Å²) in [7, 11) is 0. The highest BCUT2D eigenvalue weighted by Crippen LogP contribution is 2.18. The highest BCUT2D eigenvalue weighted by atomic mass is 35.5. The molecule has 2 rings (SSSR count). The number of rotatable bonds is 1. The smallest absolute Gasteiger partial charge is 0.267 e. The summed E-state index contributed by atoms with van der Waals surface area (Å²) in [5, 5.41) is 4.18. The van der Waals surface area contributed by atoms with Crippen LogP contribution in [-0.2, 0) is 0 Å². The SMILES string of the molecule is Cc1ccc(C(=O)n2cncn2)c(Cl)c1. The Morgan fingerprint density at radius 3 is 2.87 bits per heavy atom. The molecular weight excluding hydrogens is 214 g/mol. The van der Waals surface area contributed by atoms with Crippen molar-refractivity contribution in [3.05, 3.63) is 47.0 Å². The molecule has 1 aromatic heterocycles. The molecule has 0 radical (unpaired) electrons. The van der Waals surface area contributed by atoms with E-state index in [2.05, 4.69) is 10.1 Å². The normalized spacial score (nSPS) is 10.3. The zero-order valence-corrected chi connectivity index (χ0v) is 8.77. The summed E-state index contributed by atoms with van der Waals surface area (Å²) in [5.74, 6) is -0.280. The lowest BCUT2D eigenvalue weighted by molar-refractivity contribution is 0.0945. The van der Waals surface area contributed by atoms with Crippen LogP contribution in [-0.4, -0.2) is 20.7 Å². The number of aromatic nitrogens is 3. The first-order valence-electron chi connectivity index (χ1n) is 4.34. The Balaban J connectivity index is 2.42. The zero-order valence-electron chi connectivity index (χ0n) is 8.01. The predicted molar refractivity (Wildman–Crippen MR) is 55.9 cm³/mol. The van der Waals surface area contributed by atoms with E-state index in [1.165, 1.54) is 12.7 Å². The summed E-state index contributed by atoms with van der Waals surface area (Å²) in [6.45, 7) is 1.91. The number of carbonyl (C=O) groups is 1. The molecule has 0 bridgehead atoms. The average molecular weight is 222 g/mol. The maximum atomic E-state index is 11.8. The number of carbonyl (C=O) groups excluding carboxylic acids is 1. The van der Waals surface area contributed by atoms with E-state index in [0.29, 0.717) is 10.6 Å². The van der Waals surface area contributed by atoms with E-state index in [-0.39, 0.29) is 5.91 Å². The van der Waals surface area contributed by atoms with E-state index in [1.54, 1.807) is 12.1 Å². The van der Waals surface area contributed by atoms with Crippen LogP contribution < -0.4 is 0 Å². The Bertz CT molecular complexity index is 493. The minimum atomic E-state index is -0.280. The van der Waals surface area contributed by atoms with Gasteiger partial charge < -0.3 is 0 Å². The van der Waals surface area contributed by atoms with Crippen molar-refractivity contribution in [3.63, 3.8) is 0 Å². The second kappa shape index (κ2) is 3.82. The average Bonchev–Trinajstić information content (AvgIpc) is 2.69. The number of aryl methyl sites for hydroxylation is 1. The number of hydrogen-bond donors (Lipinski definition) is 0. The highest BCUT2D eigenvalue weighted by Gasteiger charge is 2.12. The van der Waals surface area contributed by atoms with Gasteiger partial charge in [-0.25, -0.2) is 4.98 Å². The summed E-state index contributed by atoms with van der Waals surface area (Å²) in [6, 6.07) is 5.25. The molecule has 0 unspecified atom stereocenters. The lowest BCUT2D eigenvalue weighted by atomic mass is 10.1.